The van der Waals surface area contributed by atoms with Gasteiger partial charge in [-0.2, -0.15) is 0 Å². The van der Waals surface area contributed by atoms with Crippen LogP contribution in [0, 0.1) is 0 Å². The van der Waals surface area contributed by atoms with Crippen LogP contribution in [0.25, 0.3) is 0 Å². The molecule has 2 N–H and O–H groups in total. The lowest BCUT2D eigenvalue weighted by atomic mass is 10.2. The molecular formula is C12H15N3O. The summed E-state index contributed by atoms with van der Waals surface area (Å²) in [5.41, 5.74) is 6.81. The van der Waals surface area contributed by atoms with Crippen LogP contribution >= 0.6 is 0 Å². The van der Waals surface area contributed by atoms with Crippen molar-refractivity contribution in [2.24, 2.45) is 0 Å². The first-order valence-corrected chi connectivity index (χ1v) is 5.24. The molecule has 1 aromatic heterocycles. The van der Waals surface area contributed by atoms with Gasteiger partial charge in [0.15, 0.2) is 5.95 Å². The van der Waals surface area contributed by atoms with Gasteiger partial charge in [0.25, 0.3) is 0 Å². The molecular weight excluding hydrogens is 202 g/mol. The molecule has 0 amide bonds. The standard InChI is InChI=1S/C12H15N3O/c13-12-14-6-7-15(12)8-9-16-10-11-4-2-1-3-5-11/h1-7H,8-10H2,(H2,13,14). The van der Waals surface area contributed by atoms with Gasteiger partial charge in [-0.15, -0.1) is 0 Å². The second-order valence-corrected chi connectivity index (χ2v) is 3.52. The monoisotopic (exact) mass is 217 g/mol. The Hall–Kier alpha value is -1.81. The van der Waals surface area contributed by atoms with E-state index in [9.17, 15) is 0 Å². The van der Waals surface area contributed by atoms with Crippen molar-refractivity contribution in [2.75, 3.05) is 12.3 Å². The van der Waals surface area contributed by atoms with E-state index in [1.54, 1.807) is 6.20 Å². The Kier molecular flexibility index (Phi) is 3.56. The summed E-state index contributed by atoms with van der Waals surface area (Å²) >= 11 is 0. The maximum absolute atomic E-state index is 5.63. The number of hydrogen-bond acceptors (Lipinski definition) is 3. The smallest absolute Gasteiger partial charge is 0.200 e. The first-order chi connectivity index (χ1) is 7.86. The lowest BCUT2D eigenvalue weighted by Crippen LogP contribution is -2.08. The van der Waals surface area contributed by atoms with E-state index in [1.807, 2.05) is 41.1 Å². The Balaban J connectivity index is 1.72. The molecule has 0 fully saturated rings. The molecule has 0 aliphatic heterocycles. The van der Waals surface area contributed by atoms with Crippen LogP contribution in [0.15, 0.2) is 42.7 Å². The molecule has 0 atom stereocenters. The average molecular weight is 217 g/mol. The van der Waals surface area contributed by atoms with Crippen molar-refractivity contribution < 1.29 is 4.74 Å². The van der Waals surface area contributed by atoms with E-state index >= 15 is 0 Å². The van der Waals surface area contributed by atoms with E-state index in [4.69, 9.17) is 10.5 Å². The summed E-state index contributed by atoms with van der Waals surface area (Å²) in [5.74, 6) is 0.531. The molecule has 0 saturated heterocycles. The first-order valence-electron chi connectivity index (χ1n) is 5.24. The summed E-state index contributed by atoms with van der Waals surface area (Å²) in [5, 5.41) is 0. The Morgan fingerprint density at radius 1 is 1.25 bits per heavy atom. The van der Waals surface area contributed by atoms with Gasteiger partial charge in [-0.1, -0.05) is 30.3 Å². The zero-order valence-electron chi connectivity index (χ0n) is 9.04. The maximum Gasteiger partial charge on any atom is 0.200 e. The van der Waals surface area contributed by atoms with Crippen molar-refractivity contribution in [2.45, 2.75) is 13.2 Å². The zero-order valence-corrected chi connectivity index (χ0v) is 9.04. The van der Waals surface area contributed by atoms with Gasteiger partial charge in [-0.25, -0.2) is 4.98 Å². The molecule has 84 valence electrons. The van der Waals surface area contributed by atoms with Gasteiger partial charge < -0.3 is 15.0 Å². The average Bonchev–Trinajstić information content (AvgIpc) is 2.72. The Morgan fingerprint density at radius 2 is 2.06 bits per heavy atom. The molecule has 0 bridgehead atoms. The highest BCUT2D eigenvalue weighted by atomic mass is 16.5. The van der Waals surface area contributed by atoms with Crippen LogP contribution in [0.1, 0.15) is 5.56 Å². The van der Waals surface area contributed by atoms with E-state index in [1.165, 1.54) is 5.56 Å². The summed E-state index contributed by atoms with van der Waals surface area (Å²) in [6, 6.07) is 10.1. The maximum atomic E-state index is 5.63. The summed E-state index contributed by atoms with van der Waals surface area (Å²) in [7, 11) is 0. The number of benzene rings is 1. The molecule has 1 heterocycles. The van der Waals surface area contributed by atoms with Crippen molar-refractivity contribution >= 4 is 5.95 Å². The first kappa shape index (κ1) is 10.7. The number of nitrogens with zero attached hydrogens (tertiary/aromatic N) is 2. The van der Waals surface area contributed by atoms with Crippen molar-refractivity contribution in [3.8, 4) is 0 Å². The van der Waals surface area contributed by atoms with Crippen LogP contribution in [-0.4, -0.2) is 16.2 Å². The highest BCUT2D eigenvalue weighted by Gasteiger charge is 1.97. The minimum absolute atomic E-state index is 0.531. The van der Waals surface area contributed by atoms with Crippen LogP contribution < -0.4 is 5.73 Å². The fourth-order valence-electron chi connectivity index (χ4n) is 1.46. The van der Waals surface area contributed by atoms with Crippen molar-refractivity contribution in [1.29, 1.82) is 0 Å². The van der Waals surface area contributed by atoms with E-state index in [2.05, 4.69) is 4.98 Å². The number of rotatable bonds is 5. The van der Waals surface area contributed by atoms with Gasteiger partial charge in [0.05, 0.1) is 13.2 Å². The van der Waals surface area contributed by atoms with E-state index in [-0.39, 0.29) is 0 Å². The number of nitrogens with two attached hydrogens (primary N) is 1. The lowest BCUT2D eigenvalue weighted by molar-refractivity contribution is 0.113. The summed E-state index contributed by atoms with van der Waals surface area (Å²) in [6.45, 7) is 2.00. The summed E-state index contributed by atoms with van der Waals surface area (Å²) in [4.78, 5) is 3.94. The van der Waals surface area contributed by atoms with Gasteiger partial charge in [-0.05, 0) is 5.56 Å². The predicted octanol–water partition coefficient (Wildman–Crippen LogP) is 1.68. The van der Waals surface area contributed by atoms with Crippen molar-refractivity contribution in [3.63, 3.8) is 0 Å². The number of anilines is 1. The predicted molar refractivity (Wildman–Crippen MR) is 62.7 cm³/mol. The molecule has 0 saturated carbocycles. The fraction of sp³-hybridized carbons (Fsp3) is 0.250. The van der Waals surface area contributed by atoms with Crippen LogP contribution in [0.5, 0.6) is 0 Å². The van der Waals surface area contributed by atoms with Crippen LogP contribution in [0.4, 0.5) is 5.95 Å². The van der Waals surface area contributed by atoms with E-state index in [0.717, 1.165) is 6.54 Å². The third-order valence-corrected chi connectivity index (χ3v) is 2.34. The van der Waals surface area contributed by atoms with Crippen LogP contribution in [0.3, 0.4) is 0 Å². The molecule has 2 aromatic rings. The molecule has 16 heavy (non-hydrogen) atoms. The van der Waals surface area contributed by atoms with Crippen molar-refractivity contribution in [3.05, 3.63) is 48.3 Å². The highest BCUT2D eigenvalue weighted by Crippen LogP contribution is 2.02. The molecule has 4 heteroatoms. The second kappa shape index (κ2) is 5.32. The normalized spacial score (nSPS) is 10.5. The number of imidazole rings is 1. The quantitative estimate of drug-likeness (QED) is 0.775. The molecule has 0 radical (unpaired) electrons. The van der Waals surface area contributed by atoms with E-state index < -0.39 is 0 Å². The number of aromatic nitrogens is 2. The second-order valence-electron chi connectivity index (χ2n) is 3.52. The summed E-state index contributed by atoms with van der Waals surface area (Å²) in [6.07, 6.45) is 3.54. The minimum Gasteiger partial charge on any atom is -0.375 e. The van der Waals surface area contributed by atoms with Gasteiger partial charge in [0, 0.05) is 18.9 Å². The zero-order chi connectivity index (χ0) is 11.2. The molecule has 1 aromatic carbocycles. The Morgan fingerprint density at radius 3 is 2.75 bits per heavy atom. The lowest BCUT2D eigenvalue weighted by Gasteiger charge is -2.06. The largest absolute Gasteiger partial charge is 0.375 e. The minimum atomic E-state index is 0.531. The molecule has 0 spiro atoms. The molecule has 4 nitrogen and oxygen atoms in total. The van der Waals surface area contributed by atoms with E-state index in [0.29, 0.717) is 19.2 Å². The summed E-state index contributed by atoms with van der Waals surface area (Å²) < 4.78 is 7.41. The van der Waals surface area contributed by atoms with Crippen molar-refractivity contribution in [1.82, 2.24) is 9.55 Å². The topological polar surface area (TPSA) is 53.1 Å². The third kappa shape index (κ3) is 2.84. The number of ether oxygens (including phenoxy) is 1. The molecule has 2 rings (SSSR count). The van der Waals surface area contributed by atoms with Gasteiger partial charge in [0.2, 0.25) is 0 Å². The van der Waals surface area contributed by atoms with Crippen LogP contribution in [0.2, 0.25) is 0 Å². The number of hydrogen-bond donors (Lipinski definition) is 1. The Bertz CT molecular complexity index is 425. The SMILES string of the molecule is Nc1nccn1CCOCc1ccccc1. The van der Waals surface area contributed by atoms with Crippen LogP contribution in [-0.2, 0) is 17.9 Å². The molecule has 0 aliphatic rings. The third-order valence-electron chi connectivity index (χ3n) is 2.34. The molecule has 0 unspecified atom stereocenters. The Labute approximate surface area is 94.7 Å². The van der Waals surface area contributed by atoms with Gasteiger partial charge in [-0.3, -0.25) is 0 Å². The van der Waals surface area contributed by atoms with Gasteiger partial charge in [0.1, 0.15) is 0 Å². The number of nitrogen functional groups attached to an aromatic ring is 1. The fourth-order valence-corrected chi connectivity index (χ4v) is 1.46. The van der Waals surface area contributed by atoms with Gasteiger partial charge >= 0.3 is 0 Å². The molecule has 0 aliphatic carbocycles. The highest BCUT2D eigenvalue weighted by molar-refractivity contribution is 5.16.